The van der Waals surface area contributed by atoms with Crippen LogP contribution in [0.5, 0.6) is 5.75 Å². The van der Waals surface area contributed by atoms with Crippen molar-refractivity contribution in [1.29, 1.82) is 0 Å². The fourth-order valence-electron chi connectivity index (χ4n) is 3.32. The zero-order valence-electron chi connectivity index (χ0n) is 14.9. The van der Waals surface area contributed by atoms with E-state index in [4.69, 9.17) is 4.74 Å². The number of para-hydroxylation sites is 1. The first-order valence-corrected chi connectivity index (χ1v) is 8.80. The first kappa shape index (κ1) is 17.1. The van der Waals surface area contributed by atoms with E-state index in [1.54, 1.807) is 12.0 Å². The maximum absolute atomic E-state index is 12.5. The molecule has 0 spiro atoms. The first-order valence-electron chi connectivity index (χ1n) is 8.80. The van der Waals surface area contributed by atoms with Crippen LogP contribution in [0.1, 0.15) is 12.0 Å². The number of benzene rings is 2. The van der Waals surface area contributed by atoms with E-state index in [1.165, 1.54) is 0 Å². The van der Waals surface area contributed by atoms with Crippen LogP contribution in [0.3, 0.4) is 0 Å². The van der Waals surface area contributed by atoms with Crippen molar-refractivity contribution in [3.63, 3.8) is 0 Å². The number of amides is 2. The molecule has 1 aromatic heterocycles. The van der Waals surface area contributed by atoms with Crippen molar-refractivity contribution < 1.29 is 14.3 Å². The molecule has 0 saturated carbocycles. The molecule has 0 bridgehead atoms. The van der Waals surface area contributed by atoms with Gasteiger partial charge in [0.1, 0.15) is 5.75 Å². The number of anilines is 1. The van der Waals surface area contributed by atoms with Crippen LogP contribution < -0.4 is 15.0 Å². The molecule has 2 heterocycles. The third kappa shape index (κ3) is 3.36. The van der Waals surface area contributed by atoms with Gasteiger partial charge in [-0.25, -0.2) is 0 Å². The number of methoxy groups -OCH3 is 1. The molecular formula is C20H20N4O3. The van der Waals surface area contributed by atoms with Gasteiger partial charge >= 0.3 is 0 Å². The Bertz CT molecular complexity index is 980. The number of nitrogens with zero attached hydrogens (tertiary/aromatic N) is 2. The lowest BCUT2D eigenvalue weighted by molar-refractivity contribution is -0.126. The van der Waals surface area contributed by atoms with Gasteiger partial charge in [0.25, 0.3) is 0 Å². The molecule has 0 radical (unpaired) electrons. The predicted octanol–water partition coefficient (Wildman–Crippen LogP) is 2.24. The van der Waals surface area contributed by atoms with Gasteiger partial charge in [-0.2, -0.15) is 5.10 Å². The minimum absolute atomic E-state index is 0.0862. The Kier molecular flexibility index (Phi) is 4.50. The average molecular weight is 364 g/mol. The number of carbonyl (C=O) groups is 2. The van der Waals surface area contributed by atoms with Gasteiger partial charge in [0, 0.05) is 24.9 Å². The van der Waals surface area contributed by atoms with Crippen LogP contribution in [0.2, 0.25) is 0 Å². The molecule has 4 rings (SSSR count). The number of H-pyrrole nitrogens is 1. The number of nitrogens with one attached hydrogen (secondary N) is 2. The van der Waals surface area contributed by atoms with Crippen molar-refractivity contribution in [1.82, 2.24) is 15.5 Å². The number of aromatic nitrogens is 2. The van der Waals surface area contributed by atoms with Crippen LogP contribution in [0.25, 0.3) is 10.9 Å². The molecule has 0 aliphatic carbocycles. The molecule has 2 amide bonds. The van der Waals surface area contributed by atoms with Crippen LogP contribution in [-0.2, 0) is 16.1 Å². The standard InChI is InChI=1S/C20H20N4O3/c1-27-15-8-6-13(7-9-15)11-21-20(26)14-10-18(25)24(12-14)19-16-4-2-3-5-17(16)22-23-19/h2-9,14H,10-12H2,1H3,(H,21,26)(H,22,23). The van der Waals surface area contributed by atoms with E-state index in [0.717, 1.165) is 22.2 Å². The first-order chi connectivity index (χ1) is 13.2. The number of aromatic amines is 1. The number of carbonyl (C=O) groups excluding carboxylic acids is 2. The van der Waals surface area contributed by atoms with Crippen molar-refractivity contribution in [2.45, 2.75) is 13.0 Å². The fraction of sp³-hybridized carbons (Fsp3) is 0.250. The Morgan fingerprint density at radius 1 is 1.26 bits per heavy atom. The van der Waals surface area contributed by atoms with Crippen molar-refractivity contribution >= 4 is 28.5 Å². The molecule has 1 unspecified atom stereocenters. The lowest BCUT2D eigenvalue weighted by atomic mass is 10.1. The Morgan fingerprint density at radius 3 is 2.81 bits per heavy atom. The SMILES string of the molecule is COc1ccc(CNC(=O)C2CC(=O)N(c3n[nH]c4ccccc34)C2)cc1. The molecule has 138 valence electrons. The summed E-state index contributed by atoms with van der Waals surface area (Å²) in [5.41, 5.74) is 1.84. The van der Waals surface area contributed by atoms with Gasteiger partial charge in [0.05, 0.1) is 18.5 Å². The lowest BCUT2D eigenvalue weighted by Gasteiger charge is -2.14. The van der Waals surface area contributed by atoms with Crippen molar-refractivity contribution in [3.05, 3.63) is 54.1 Å². The van der Waals surface area contributed by atoms with Gasteiger partial charge in [0.2, 0.25) is 11.8 Å². The van der Waals surface area contributed by atoms with Crippen LogP contribution in [0, 0.1) is 5.92 Å². The van der Waals surface area contributed by atoms with Gasteiger partial charge in [-0.15, -0.1) is 0 Å². The smallest absolute Gasteiger partial charge is 0.229 e. The molecule has 1 aliphatic rings. The van der Waals surface area contributed by atoms with Gasteiger partial charge in [-0.1, -0.05) is 24.3 Å². The molecule has 7 heteroatoms. The largest absolute Gasteiger partial charge is 0.497 e. The van der Waals surface area contributed by atoms with Crippen molar-refractivity contribution in [3.8, 4) is 5.75 Å². The van der Waals surface area contributed by atoms with E-state index in [9.17, 15) is 9.59 Å². The van der Waals surface area contributed by atoms with Crippen LogP contribution in [0.15, 0.2) is 48.5 Å². The summed E-state index contributed by atoms with van der Waals surface area (Å²) in [6, 6.07) is 15.1. The molecule has 1 saturated heterocycles. The molecular weight excluding hydrogens is 344 g/mol. The van der Waals surface area contributed by atoms with E-state index in [0.29, 0.717) is 18.9 Å². The van der Waals surface area contributed by atoms with Crippen LogP contribution >= 0.6 is 0 Å². The summed E-state index contributed by atoms with van der Waals surface area (Å²) in [6.45, 7) is 0.751. The monoisotopic (exact) mass is 364 g/mol. The third-order valence-corrected chi connectivity index (χ3v) is 4.83. The average Bonchev–Trinajstić information content (AvgIpc) is 3.29. The molecule has 7 nitrogen and oxygen atoms in total. The number of hydrogen-bond acceptors (Lipinski definition) is 4. The Hall–Kier alpha value is -3.35. The number of hydrogen-bond donors (Lipinski definition) is 2. The van der Waals surface area contributed by atoms with Crippen LogP contribution in [-0.4, -0.2) is 35.7 Å². The van der Waals surface area contributed by atoms with E-state index < -0.39 is 0 Å². The fourth-order valence-corrected chi connectivity index (χ4v) is 3.32. The summed E-state index contributed by atoms with van der Waals surface area (Å²) in [4.78, 5) is 26.6. The molecule has 2 aromatic carbocycles. The number of fused-ring (bicyclic) bond motifs is 1. The zero-order chi connectivity index (χ0) is 18.8. The third-order valence-electron chi connectivity index (χ3n) is 4.83. The summed E-state index contributed by atoms with van der Waals surface area (Å²) in [7, 11) is 1.61. The van der Waals surface area contributed by atoms with E-state index in [2.05, 4.69) is 15.5 Å². The van der Waals surface area contributed by atoms with E-state index in [-0.39, 0.29) is 24.2 Å². The minimum atomic E-state index is -0.383. The topological polar surface area (TPSA) is 87.3 Å². The molecule has 3 aromatic rings. The number of rotatable bonds is 5. The molecule has 1 aliphatic heterocycles. The highest BCUT2D eigenvalue weighted by Crippen LogP contribution is 2.29. The second kappa shape index (κ2) is 7.11. The highest BCUT2D eigenvalue weighted by atomic mass is 16.5. The van der Waals surface area contributed by atoms with Crippen LogP contribution in [0.4, 0.5) is 5.82 Å². The highest BCUT2D eigenvalue weighted by Gasteiger charge is 2.36. The number of ether oxygens (including phenoxy) is 1. The molecule has 1 fully saturated rings. The molecule has 1 atom stereocenters. The second-order valence-electron chi connectivity index (χ2n) is 6.56. The molecule has 2 N–H and O–H groups in total. The highest BCUT2D eigenvalue weighted by molar-refractivity contribution is 6.05. The normalized spacial score (nSPS) is 16.7. The lowest BCUT2D eigenvalue weighted by Crippen LogP contribution is -2.32. The molecule has 27 heavy (non-hydrogen) atoms. The van der Waals surface area contributed by atoms with Crippen molar-refractivity contribution in [2.75, 3.05) is 18.6 Å². The Balaban J connectivity index is 1.41. The predicted molar refractivity (Wildman–Crippen MR) is 101 cm³/mol. The van der Waals surface area contributed by atoms with Crippen molar-refractivity contribution in [2.24, 2.45) is 5.92 Å². The Labute approximate surface area is 156 Å². The summed E-state index contributed by atoms with van der Waals surface area (Å²) < 4.78 is 5.13. The second-order valence-corrected chi connectivity index (χ2v) is 6.56. The van der Waals surface area contributed by atoms with Gasteiger partial charge in [-0.05, 0) is 29.8 Å². The summed E-state index contributed by atoms with van der Waals surface area (Å²) in [5, 5.41) is 11.0. The van der Waals surface area contributed by atoms with E-state index >= 15 is 0 Å². The van der Waals surface area contributed by atoms with Gasteiger partial charge < -0.3 is 10.1 Å². The summed E-state index contributed by atoms with van der Waals surface area (Å²) in [5.74, 6) is 0.763. The maximum Gasteiger partial charge on any atom is 0.229 e. The maximum atomic E-state index is 12.5. The van der Waals surface area contributed by atoms with Gasteiger partial charge in [-0.3, -0.25) is 19.6 Å². The van der Waals surface area contributed by atoms with Gasteiger partial charge in [0.15, 0.2) is 5.82 Å². The summed E-state index contributed by atoms with van der Waals surface area (Å²) in [6.07, 6.45) is 0.190. The Morgan fingerprint density at radius 2 is 2.04 bits per heavy atom. The zero-order valence-corrected chi connectivity index (χ0v) is 14.9. The minimum Gasteiger partial charge on any atom is -0.497 e. The van der Waals surface area contributed by atoms with E-state index in [1.807, 2.05) is 48.5 Å². The summed E-state index contributed by atoms with van der Waals surface area (Å²) >= 11 is 0. The quantitative estimate of drug-likeness (QED) is 0.727.